The second kappa shape index (κ2) is 11.1. The molecule has 5 rings (SSSR count). The van der Waals surface area contributed by atoms with Crippen molar-refractivity contribution in [3.63, 3.8) is 0 Å². The van der Waals surface area contributed by atoms with Gasteiger partial charge in [-0.1, -0.05) is 23.5 Å². The molecule has 8 nitrogen and oxygen atoms in total. The predicted octanol–water partition coefficient (Wildman–Crippen LogP) is 3.70. The van der Waals surface area contributed by atoms with E-state index in [9.17, 15) is 9.59 Å². The van der Waals surface area contributed by atoms with E-state index in [2.05, 4.69) is 17.1 Å². The Hall–Kier alpha value is -3.85. The molecule has 0 saturated heterocycles. The maximum absolute atomic E-state index is 14.1. The molecule has 2 heterocycles. The third kappa shape index (κ3) is 4.76. The maximum Gasteiger partial charge on any atom is 0.338 e. The summed E-state index contributed by atoms with van der Waals surface area (Å²) in [6, 6.07) is 8.82. The monoisotopic (exact) mass is 548 g/mol. The third-order valence-corrected chi connectivity index (χ3v) is 8.21. The Kier molecular flexibility index (Phi) is 7.61. The molecule has 1 aliphatic heterocycles. The number of aromatic nitrogens is 1. The Morgan fingerprint density at radius 1 is 1.08 bits per heavy atom. The van der Waals surface area contributed by atoms with Crippen LogP contribution in [0.3, 0.4) is 0 Å². The van der Waals surface area contributed by atoms with Crippen molar-refractivity contribution in [1.82, 2.24) is 4.57 Å². The van der Waals surface area contributed by atoms with Crippen LogP contribution in [0.1, 0.15) is 55.0 Å². The standard InChI is InChI=1S/C30H32N2O6S/c1-6-38-29(34)25-17(2)31-30-32(26(25)21-12-9-13-22(35-3)27(21)37-5)28(33)24(39-30)16-20-14-18-10-7-8-11-19(18)15-23(20)36-4/h9,12-16,26H,6-8,10-11H2,1-5H3. The molecule has 0 saturated carbocycles. The summed E-state index contributed by atoms with van der Waals surface area (Å²) >= 11 is 1.28. The SMILES string of the molecule is CCOC(=O)C1=C(C)N=c2sc(=Cc3cc4c(cc3OC)CCCC4)c(=O)n2C1c1cccc(OC)c1OC. The fraction of sp³-hybridized carbons (Fsp3) is 0.367. The molecular formula is C30H32N2O6S. The smallest absolute Gasteiger partial charge is 0.338 e. The summed E-state index contributed by atoms with van der Waals surface area (Å²) in [6.07, 6.45) is 6.23. The predicted molar refractivity (Wildman–Crippen MR) is 150 cm³/mol. The van der Waals surface area contributed by atoms with Gasteiger partial charge in [-0.25, -0.2) is 9.79 Å². The first kappa shape index (κ1) is 26.7. The van der Waals surface area contributed by atoms with Crippen molar-refractivity contribution in [2.45, 2.75) is 45.6 Å². The Bertz CT molecular complexity index is 1650. The highest BCUT2D eigenvalue weighted by atomic mass is 32.1. The molecule has 0 fully saturated rings. The minimum absolute atomic E-state index is 0.195. The van der Waals surface area contributed by atoms with Crippen molar-refractivity contribution in [2.24, 2.45) is 4.99 Å². The molecule has 0 amide bonds. The van der Waals surface area contributed by atoms with E-state index in [4.69, 9.17) is 18.9 Å². The Morgan fingerprint density at radius 2 is 1.79 bits per heavy atom. The normalized spacial score (nSPS) is 16.7. The van der Waals surface area contributed by atoms with Crippen molar-refractivity contribution in [1.29, 1.82) is 0 Å². The molecule has 9 heteroatoms. The van der Waals surface area contributed by atoms with Crippen molar-refractivity contribution in [2.75, 3.05) is 27.9 Å². The summed E-state index contributed by atoms with van der Waals surface area (Å²) in [5.74, 6) is 1.14. The highest BCUT2D eigenvalue weighted by Gasteiger charge is 2.35. The summed E-state index contributed by atoms with van der Waals surface area (Å²) in [5.41, 5.74) is 4.56. The molecule has 0 radical (unpaired) electrons. The zero-order valence-corrected chi connectivity index (χ0v) is 23.6. The van der Waals surface area contributed by atoms with Gasteiger partial charge in [-0.2, -0.15) is 0 Å². The number of hydrogen-bond acceptors (Lipinski definition) is 8. The van der Waals surface area contributed by atoms with E-state index in [1.54, 1.807) is 38.7 Å². The highest BCUT2D eigenvalue weighted by molar-refractivity contribution is 7.07. The number of hydrogen-bond donors (Lipinski definition) is 0. The van der Waals surface area contributed by atoms with Crippen molar-refractivity contribution in [3.8, 4) is 17.2 Å². The van der Waals surface area contributed by atoms with Gasteiger partial charge in [0.05, 0.1) is 43.7 Å². The number of esters is 1. The number of benzene rings is 2. The molecule has 2 aromatic carbocycles. The number of carbonyl (C=O) groups excluding carboxylic acids is 1. The molecule has 1 aliphatic carbocycles. The number of methoxy groups -OCH3 is 3. The number of allylic oxidation sites excluding steroid dienone is 1. The number of rotatable bonds is 7. The van der Waals surface area contributed by atoms with Gasteiger partial charge in [0.25, 0.3) is 5.56 Å². The third-order valence-electron chi connectivity index (χ3n) is 7.23. The first-order valence-corrected chi connectivity index (χ1v) is 13.8. The van der Waals surface area contributed by atoms with Crippen LogP contribution in [0, 0.1) is 0 Å². The quantitative estimate of drug-likeness (QED) is 0.419. The molecular weight excluding hydrogens is 516 g/mol. The Balaban J connectivity index is 1.76. The van der Waals surface area contributed by atoms with Crippen LogP contribution in [0.15, 0.2) is 51.4 Å². The molecule has 3 aromatic rings. The average molecular weight is 549 g/mol. The van der Waals surface area contributed by atoms with E-state index in [0.717, 1.165) is 30.6 Å². The van der Waals surface area contributed by atoms with Gasteiger partial charge in [-0.3, -0.25) is 9.36 Å². The molecule has 0 bridgehead atoms. The van der Waals surface area contributed by atoms with Crippen LogP contribution < -0.4 is 29.1 Å². The summed E-state index contributed by atoms with van der Waals surface area (Å²) in [7, 11) is 4.73. The largest absolute Gasteiger partial charge is 0.496 e. The van der Waals surface area contributed by atoms with E-state index in [1.165, 1.54) is 36.0 Å². The summed E-state index contributed by atoms with van der Waals surface area (Å²) in [6.45, 7) is 3.70. The zero-order chi connectivity index (χ0) is 27.7. The molecule has 39 heavy (non-hydrogen) atoms. The van der Waals surface area contributed by atoms with E-state index in [1.807, 2.05) is 18.2 Å². The minimum Gasteiger partial charge on any atom is -0.496 e. The van der Waals surface area contributed by atoms with E-state index < -0.39 is 12.0 Å². The first-order chi connectivity index (χ1) is 18.9. The molecule has 0 spiro atoms. The van der Waals surface area contributed by atoms with Gasteiger partial charge in [-0.15, -0.1) is 0 Å². The topological polar surface area (TPSA) is 88.4 Å². The average Bonchev–Trinajstić information content (AvgIpc) is 3.25. The van der Waals surface area contributed by atoms with Crippen LogP contribution in [-0.2, 0) is 22.4 Å². The maximum atomic E-state index is 14.1. The number of carbonyl (C=O) groups is 1. The number of para-hydroxylation sites is 1. The lowest BCUT2D eigenvalue weighted by Crippen LogP contribution is -2.40. The lowest BCUT2D eigenvalue weighted by Gasteiger charge is -2.26. The van der Waals surface area contributed by atoms with Gasteiger partial charge in [0.15, 0.2) is 16.3 Å². The van der Waals surface area contributed by atoms with E-state index >= 15 is 0 Å². The summed E-state index contributed by atoms with van der Waals surface area (Å²) < 4.78 is 24.4. The van der Waals surface area contributed by atoms with Gasteiger partial charge in [0, 0.05) is 11.1 Å². The van der Waals surface area contributed by atoms with Crippen LogP contribution in [-0.4, -0.2) is 38.5 Å². The summed E-state index contributed by atoms with van der Waals surface area (Å²) in [5, 5.41) is 0. The molecule has 1 unspecified atom stereocenters. The van der Waals surface area contributed by atoms with Crippen LogP contribution >= 0.6 is 11.3 Å². The number of aryl methyl sites for hydroxylation is 2. The number of fused-ring (bicyclic) bond motifs is 2. The van der Waals surface area contributed by atoms with Gasteiger partial charge in [0.1, 0.15) is 11.8 Å². The molecule has 2 aliphatic rings. The number of ether oxygens (including phenoxy) is 4. The van der Waals surface area contributed by atoms with Crippen LogP contribution in [0.2, 0.25) is 0 Å². The fourth-order valence-electron chi connectivity index (χ4n) is 5.43. The molecule has 204 valence electrons. The fourth-order valence-corrected chi connectivity index (χ4v) is 6.46. The van der Waals surface area contributed by atoms with Gasteiger partial charge in [-0.05, 0) is 74.9 Å². The van der Waals surface area contributed by atoms with Crippen LogP contribution in [0.5, 0.6) is 17.2 Å². The van der Waals surface area contributed by atoms with Crippen LogP contribution in [0.25, 0.3) is 6.08 Å². The van der Waals surface area contributed by atoms with Crippen LogP contribution in [0.4, 0.5) is 0 Å². The van der Waals surface area contributed by atoms with E-state index in [-0.39, 0.29) is 17.7 Å². The van der Waals surface area contributed by atoms with Gasteiger partial charge < -0.3 is 18.9 Å². The Morgan fingerprint density at radius 3 is 2.46 bits per heavy atom. The highest BCUT2D eigenvalue weighted by Crippen LogP contribution is 2.40. The second-order valence-corrected chi connectivity index (χ2v) is 10.5. The minimum atomic E-state index is -0.807. The molecule has 1 aromatic heterocycles. The van der Waals surface area contributed by atoms with Crippen molar-refractivity contribution in [3.05, 3.63) is 83.5 Å². The molecule has 0 N–H and O–H groups in total. The van der Waals surface area contributed by atoms with Crippen molar-refractivity contribution >= 4 is 23.4 Å². The van der Waals surface area contributed by atoms with Crippen molar-refractivity contribution < 1.29 is 23.7 Å². The zero-order valence-electron chi connectivity index (χ0n) is 22.8. The van der Waals surface area contributed by atoms with E-state index in [0.29, 0.717) is 32.1 Å². The first-order valence-electron chi connectivity index (χ1n) is 13.0. The lowest BCUT2D eigenvalue weighted by atomic mass is 9.90. The van der Waals surface area contributed by atoms with Gasteiger partial charge >= 0.3 is 5.97 Å². The number of thiazole rings is 1. The number of nitrogens with zero attached hydrogens (tertiary/aromatic N) is 2. The van der Waals surface area contributed by atoms with Gasteiger partial charge in [0.2, 0.25) is 0 Å². The summed E-state index contributed by atoms with van der Waals surface area (Å²) in [4.78, 5) is 32.5. The lowest BCUT2D eigenvalue weighted by molar-refractivity contribution is -0.139. The Labute approximate surface area is 230 Å². The second-order valence-electron chi connectivity index (χ2n) is 9.45. The molecule has 1 atom stereocenters.